The summed E-state index contributed by atoms with van der Waals surface area (Å²) in [7, 11) is 0. The molecule has 11 atom stereocenters. The van der Waals surface area contributed by atoms with Crippen LogP contribution in [0.5, 0.6) is 0 Å². The van der Waals surface area contributed by atoms with Crippen LogP contribution >= 0.6 is 0 Å². The quantitative estimate of drug-likeness (QED) is 0.00345. The van der Waals surface area contributed by atoms with Gasteiger partial charge in [0.05, 0.1) is 25.3 Å². The van der Waals surface area contributed by atoms with Crippen LogP contribution < -0.4 is 109 Å². The zero-order valence-electron chi connectivity index (χ0n) is 68.2. The second kappa shape index (κ2) is 50.8. The lowest BCUT2D eigenvalue weighted by atomic mass is 9.84. The van der Waals surface area contributed by atoms with Crippen LogP contribution in [-0.2, 0) is 76.8 Å². The number of ketones is 1. The van der Waals surface area contributed by atoms with Crippen LogP contribution in [0.3, 0.4) is 0 Å². The van der Waals surface area contributed by atoms with E-state index >= 15 is 31.9 Å². The summed E-state index contributed by atoms with van der Waals surface area (Å²) in [6.45, 7) is -2.71. The van der Waals surface area contributed by atoms with E-state index in [1.807, 2.05) is 0 Å². The molecule has 0 spiro atoms. The van der Waals surface area contributed by atoms with Crippen molar-refractivity contribution in [2.75, 3.05) is 39.4 Å². The van der Waals surface area contributed by atoms with Gasteiger partial charge in [-0.25, -0.2) is 22.0 Å². The van der Waals surface area contributed by atoms with Crippen molar-refractivity contribution in [3.8, 4) is 0 Å². The second-order valence-electron chi connectivity index (χ2n) is 29.8. The molecule has 125 heavy (non-hydrogen) atoms. The Balaban J connectivity index is 1.31. The molecule has 5 aromatic rings. The van der Waals surface area contributed by atoms with Crippen molar-refractivity contribution < 1.29 is 94.5 Å². The highest BCUT2D eigenvalue weighted by molar-refractivity contribution is 6.09. The van der Waals surface area contributed by atoms with Gasteiger partial charge < -0.3 is 124 Å². The van der Waals surface area contributed by atoms with E-state index in [0.717, 1.165) is 6.42 Å². The number of nitrogens with one attached hydrogen (secondary N) is 19. The van der Waals surface area contributed by atoms with E-state index < -0.39 is 235 Å². The number of aliphatic hydroxyl groups is 2. The first-order valence-corrected chi connectivity index (χ1v) is 40.3. The van der Waals surface area contributed by atoms with Gasteiger partial charge in [-0.2, -0.15) is 0 Å². The number of para-hydroxylation sites is 1. The molecule has 1 fully saturated rings. The maximum Gasteiger partial charge on any atom is 0.245 e. The van der Waals surface area contributed by atoms with Crippen molar-refractivity contribution in [3.63, 3.8) is 0 Å². The molecule has 6 rings (SSSR count). The number of hydrogen-bond acceptors (Lipinski definition) is 20. The van der Waals surface area contributed by atoms with Gasteiger partial charge >= 0.3 is 0 Å². The van der Waals surface area contributed by atoms with Gasteiger partial charge in [0.15, 0.2) is 52.9 Å². The summed E-state index contributed by atoms with van der Waals surface area (Å²) in [5, 5.41) is 86.5. The zero-order chi connectivity index (χ0) is 92.0. The number of hydrogen-bond donors (Lipinski definition) is 27. The smallest absolute Gasteiger partial charge is 0.245 e. The van der Waals surface area contributed by atoms with Gasteiger partial charge in [0.2, 0.25) is 77.1 Å². The first kappa shape index (κ1) is 100. The zero-order valence-corrected chi connectivity index (χ0v) is 68.2. The van der Waals surface area contributed by atoms with E-state index in [9.17, 15) is 62.5 Å². The van der Waals surface area contributed by atoms with Crippen molar-refractivity contribution in [1.29, 1.82) is 21.6 Å². The summed E-state index contributed by atoms with van der Waals surface area (Å²) in [6.07, 6.45) is 1.28. The SMILES string of the molecule is N=C(N)NCCC[C@H]([C]=O)NC(=O)[C@@H](CCC(N)=O)NC(=O)[C@@H](CCCNC(=N)N)NC(=O)[C@@H](CCCNC(=N)N)NC(=O)[C@@H](CCCNC(=N)N)NC(=O)[C@@H](CC1CCCCC1)NC(=O)[C@@H](Cc1c(F)c(F)c(F)c(F)c1F)NC(=O)[C@@H](CO)NC(=O)[C@@H](Cc1c[nH]c2ccccc12)NC(=O)[C@@H](CO)NC(=O)[C@H](N)Cc1ccc(C(=O)c2ccccc2)cc1. The molecule has 11 amide bonds. The van der Waals surface area contributed by atoms with Gasteiger partial charge in [0.25, 0.3) is 0 Å². The molecular weight excluding hydrogens is 1650 g/mol. The lowest BCUT2D eigenvalue weighted by Gasteiger charge is -2.30. The number of halogens is 5. The van der Waals surface area contributed by atoms with Gasteiger partial charge in [0.1, 0.15) is 54.4 Å². The van der Waals surface area contributed by atoms with Crippen LogP contribution in [0.2, 0.25) is 0 Å². The topological polar surface area (TPSA) is 698 Å². The number of rotatable bonds is 52. The number of primary amides is 1. The van der Waals surface area contributed by atoms with Crippen LogP contribution in [0.25, 0.3) is 10.9 Å². The Morgan fingerprint density at radius 1 is 0.424 bits per heavy atom. The molecule has 45 heteroatoms. The molecule has 1 aliphatic carbocycles. The van der Waals surface area contributed by atoms with Gasteiger partial charge in [-0.3, -0.25) is 84.0 Å². The molecule has 0 bridgehead atoms. The van der Waals surface area contributed by atoms with E-state index in [-0.39, 0.29) is 95.7 Å². The molecule has 1 aliphatic rings. The Morgan fingerprint density at radius 3 is 1.26 bits per heavy atom. The largest absolute Gasteiger partial charge is 0.394 e. The normalized spacial score (nSPS) is 14.6. The summed E-state index contributed by atoms with van der Waals surface area (Å²) in [4.78, 5) is 186. The predicted molar refractivity (Wildman–Crippen MR) is 445 cm³/mol. The first-order chi connectivity index (χ1) is 59.5. The van der Waals surface area contributed by atoms with Crippen molar-refractivity contribution in [1.82, 2.24) is 79.4 Å². The maximum atomic E-state index is 15.9. The number of benzene rings is 4. The number of carbonyl (C=O) groups is 12. The van der Waals surface area contributed by atoms with E-state index in [1.54, 1.807) is 73.0 Å². The van der Waals surface area contributed by atoms with E-state index in [0.29, 0.717) is 58.8 Å². The number of guanidine groups is 4. The van der Waals surface area contributed by atoms with Crippen LogP contribution in [-0.4, -0.2) is 222 Å². The lowest BCUT2D eigenvalue weighted by Crippen LogP contribution is -2.62. The number of aliphatic hydroxyl groups excluding tert-OH is 2. The van der Waals surface area contributed by atoms with Crippen LogP contribution in [0.4, 0.5) is 22.0 Å². The third-order valence-electron chi connectivity index (χ3n) is 20.3. The number of fused-ring (bicyclic) bond motifs is 1. The average molecular weight is 1760 g/mol. The minimum absolute atomic E-state index is 0.0335. The molecule has 679 valence electrons. The van der Waals surface area contributed by atoms with Crippen molar-refractivity contribution >= 4 is 112 Å². The van der Waals surface area contributed by atoms with E-state index in [4.69, 9.17) is 56.0 Å². The Labute approximate surface area is 714 Å². The van der Waals surface area contributed by atoms with E-state index in [1.165, 1.54) is 18.3 Å². The number of nitrogens with two attached hydrogens (primary N) is 6. The predicted octanol–water partition coefficient (Wildman–Crippen LogP) is -3.32. The number of H-pyrrole nitrogens is 1. The molecule has 1 heterocycles. The molecule has 1 radical (unpaired) electrons. The third-order valence-corrected chi connectivity index (χ3v) is 20.3. The summed E-state index contributed by atoms with van der Waals surface area (Å²) < 4.78 is 76.9. The highest BCUT2D eigenvalue weighted by Crippen LogP contribution is 2.29. The highest BCUT2D eigenvalue weighted by atomic mass is 19.2. The molecule has 0 saturated heterocycles. The third kappa shape index (κ3) is 32.7. The first-order valence-electron chi connectivity index (χ1n) is 40.3. The van der Waals surface area contributed by atoms with Gasteiger partial charge in [-0.1, -0.05) is 105 Å². The Kier molecular flexibility index (Phi) is 40.8. The van der Waals surface area contributed by atoms with E-state index in [2.05, 4.69) is 79.4 Å². The molecular formula is C80H109F5N25O15. The van der Waals surface area contributed by atoms with Crippen molar-refractivity contribution in [2.45, 2.75) is 188 Å². The molecule has 4 aromatic carbocycles. The summed E-state index contributed by atoms with van der Waals surface area (Å²) in [5.41, 5.74) is 34.1. The molecule has 1 saturated carbocycles. The van der Waals surface area contributed by atoms with Crippen molar-refractivity contribution in [2.24, 2.45) is 40.3 Å². The van der Waals surface area contributed by atoms with Crippen LogP contribution in [0, 0.1) is 56.6 Å². The van der Waals surface area contributed by atoms with Gasteiger partial charge in [-0.15, -0.1) is 0 Å². The fraction of sp³-hybridized carbons (Fsp3) is 0.463. The fourth-order valence-corrected chi connectivity index (χ4v) is 13.6. The summed E-state index contributed by atoms with van der Waals surface area (Å²) in [6, 6.07) is 1.54. The lowest BCUT2D eigenvalue weighted by molar-refractivity contribution is -0.136. The Morgan fingerprint density at radius 2 is 0.800 bits per heavy atom. The van der Waals surface area contributed by atoms with Gasteiger partial charge in [-0.05, 0) is 93.7 Å². The number of aromatic nitrogens is 1. The van der Waals surface area contributed by atoms with Crippen LogP contribution in [0.15, 0.2) is 85.1 Å². The molecule has 33 N–H and O–H groups in total. The summed E-state index contributed by atoms with van der Waals surface area (Å²) in [5.74, 6) is -28.2. The average Bonchev–Trinajstić information content (AvgIpc) is 1.55. The number of aromatic amines is 1. The Hall–Kier alpha value is -13.5. The maximum absolute atomic E-state index is 15.9. The monoisotopic (exact) mass is 1750 g/mol. The Bertz CT molecular complexity index is 4600. The van der Waals surface area contributed by atoms with Crippen molar-refractivity contribution in [3.05, 3.63) is 142 Å². The molecule has 40 nitrogen and oxygen atoms in total. The number of carbonyl (C=O) groups excluding carboxylic acids is 13. The van der Waals surface area contributed by atoms with Gasteiger partial charge in [0, 0.05) is 79.2 Å². The molecule has 0 unspecified atom stereocenters. The highest BCUT2D eigenvalue weighted by Gasteiger charge is 2.39. The summed E-state index contributed by atoms with van der Waals surface area (Å²) >= 11 is 0. The molecule has 0 aliphatic heterocycles. The second-order valence-corrected chi connectivity index (χ2v) is 29.8. The minimum Gasteiger partial charge on any atom is -0.394 e. The standard InChI is InChI=1S/C80H109F5N25O15/c81-61-48(62(82)64(84)65(85)63(61)83)36-57(108-76(125)59(40-113)110-73(122)56(35-45-37-100-50-19-8-7-18-47(45)50)107-75(124)58(39-112)109-67(116)49(86)33-42-23-25-44(26-24-42)66(115)43-15-5-2-6-16-43)74(123)106-55(34-41-13-3-1-4-14-41)72(121)104-53(22-12-32-99-80(94)95)70(119)102-51(20-10-30-97-78(90)91)69(118)103-52(21-11-31-98-79(92)93)71(120)105-54(27-28-60(87)114)68(117)101-46(38-111)17-9-29-96-77(88)89/h2,5-8,15-16,18-19,23-26,37,41,46,49,51-59,100,112-113H,1,3-4,9-14,17,20-22,27-36,39-40,86H2,(H2,87,114)(H,101,117)(H,102,119)(H,103,118)(H,104,121)(H,105,120)(H,106,123)(H,107,124)(H,108,125)(H,109,116)(H,110,122)(H4,88,89,96)(H4,90,91,97)(H4,92,93,98)(H4,94,95,99)/t46-,49-,51-,52-,53-,54-,55-,56-,57-,58-,59-/m1/s1. The minimum atomic E-state index is -2.62. The molecule has 1 aromatic heterocycles. The van der Waals surface area contributed by atoms with Crippen LogP contribution in [0.1, 0.15) is 135 Å². The number of amides is 11. The fourth-order valence-electron chi connectivity index (χ4n) is 13.6.